The first-order valence-corrected chi connectivity index (χ1v) is 5.85. The van der Waals surface area contributed by atoms with Crippen LogP contribution in [-0.2, 0) is 5.75 Å². The van der Waals surface area contributed by atoms with Gasteiger partial charge in [-0.1, -0.05) is 11.8 Å². The third kappa shape index (κ3) is 2.59. The van der Waals surface area contributed by atoms with Crippen LogP contribution in [0.4, 0.5) is 0 Å². The summed E-state index contributed by atoms with van der Waals surface area (Å²) < 4.78 is 1.00. The molecule has 3 nitrogen and oxygen atoms in total. The van der Waals surface area contributed by atoms with Crippen LogP contribution in [0.5, 0.6) is 0 Å². The van der Waals surface area contributed by atoms with E-state index >= 15 is 0 Å². The van der Waals surface area contributed by atoms with Gasteiger partial charge >= 0.3 is 0 Å². The molecule has 0 aromatic carbocycles. The lowest BCUT2D eigenvalue weighted by Crippen LogP contribution is -1.86. The number of imidazole rings is 1. The summed E-state index contributed by atoms with van der Waals surface area (Å²) >= 11 is 4.99. The number of halogens is 1. The molecule has 1 N–H and O–H groups in total. The van der Waals surface area contributed by atoms with Crippen LogP contribution in [0.2, 0.25) is 0 Å². The Balaban J connectivity index is 1.95. The lowest BCUT2D eigenvalue weighted by molar-refractivity contribution is 1.05. The van der Waals surface area contributed by atoms with Crippen molar-refractivity contribution in [3.63, 3.8) is 0 Å². The van der Waals surface area contributed by atoms with Gasteiger partial charge in [0, 0.05) is 28.8 Å². The molecule has 2 aromatic heterocycles. The Bertz CT molecular complexity index is 385. The Hall–Kier alpha value is -0.810. The van der Waals surface area contributed by atoms with E-state index < -0.39 is 0 Å². The minimum absolute atomic E-state index is 0.834. The highest BCUT2D eigenvalue weighted by molar-refractivity contribution is 9.10. The summed E-state index contributed by atoms with van der Waals surface area (Å²) in [5, 5.41) is 0.926. The molecule has 0 aliphatic rings. The molecule has 2 heterocycles. The average Bonchev–Trinajstić information content (AvgIpc) is 2.70. The van der Waals surface area contributed by atoms with Crippen LogP contribution >= 0.6 is 27.7 Å². The van der Waals surface area contributed by atoms with Crippen LogP contribution < -0.4 is 0 Å². The fraction of sp³-hybridized carbons (Fsp3) is 0.111. The first-order chi connectivity index (χ1) is 6.84. The topological polar surface area (TPSA) is 41.6 Å². The van der Waals surface area contributed by atoms with Crippen LogP contribution in [0.1, 0.15) is 5.69 Å². The number of nitrogens with zero attached hydrogens (tertiary/aromatic N) is 2. The lowest BCUT2D eigenvalue weighted by atomic mass is 10.4. The Morgan fingerprint density at radius 1 is 1.36 bits per heavy atom. The number of thioether (sulfide) groups is 1. The molecule has 14 heavy (non-hydrogen) atoms. The van der Waals surface area contributed by atoms with Gasteiger partial charge in [-0.05, 0) is 28.1 Å². The van der Waals surface area contributed by atoms with Crippen LogP contribution in [0.25, 0.3) is 0 Å². The standard InChI is InChI=1S/C9H8BrN3S/c10-7-1-2-8(13-5-7)6-14-9-11-3-4-12-9/h1-5H,6H2,(H,11,12). The molecule has 5 heteroatoms. The van der Waals surface area contributed by atoms with Crippen LogP contribution in [0.3, 0.4) is 0 Å². The molecule has 0 fully saturated rings. The maximum atomic E-state index is 4.27. The second-order valence-electron chi connectivity index (χ2n) is 2.65. The Morgan fingerprint density at radius 3 is 2.93 bits per heavy atom. The quantitative estimate of drug-likeness (QED) is 0.872. The van der Waals surface area contributed by atoms with Gasteiger partial charge in [0.25, 0.3) is 0 Å². The summed E-state index contributed by atoms with van der Waals surface area (Å²) in [7, 11) is 0. The van der Waals surface area contributed by atoms with Gasteiger partial charge in [-0.15, -0.1) is 0 Å². The largest absolute Gasteiger partial charge is 0.340 e. The van der Waals surface area contributed by atoms with Crippen molar-refractivity contribution >= 4 is 27.7 Å². The number of nitrogens with one attached hydrogen (secondary N) is 1. The van der Waals surface area contributed by atoms with Crippen molar-refractivity contribution in [3.8, 4) is 0 Å². The average molecular weight is 270 g/mol. The third-order valence-corrected chi connectivity index (χ3v) is 3.02. The van der Waals surface area contributed by atoms with E-state index in [0.29, 0.717) is 0 Å². The van der Waals surface area contributed by atoms with Gasteiger partial charge in [-0.2, -0.15) is 0 Å². The Morgan fingerprint density at radius 2 is 2.29 bits per heavy atom. The highest BCUT2D eigenvalue weighted by Crippen LogP contribution is 2.18. The van der Waals surface area contributed by atoms with Crippen LogP contribution in [0, 0.1) is 0 Å². The summed E-state index contributed by atoms with van der Waals surface area (Å²) in [5.74, 6) is 0.834. The van der Waals surface area contributed by atoms with E-state index in [0.717, 1.165) is 21.1 Å². The van der Waals surface area contributed by atoms with Crippen molar-refractivity contribution in [2.24, 2.45) is 0 Å². The van der Waals surface area contributed by atoms with E-state index in [1.54, 1.807) is 24.2 Å². The lowest BCUT2D eigenvalue weighted by Gasteiger charge is -1.97. The zero-order chi connectivity index (χ0) is 9.80. The predicted molar refractivity (Wildman–Crippen MR) is 60.1 cm³/mol. The highest BCUT2D eigenvalue weighted by Gasteiger charge is 1.98. The normalized spacial score (nSPS) is 10.4. The molecule has 0 saturated heterocycles. The van der Waals surface area contributed by atoms with Crippen LogP contribution in [0.15, 0.2) is 40.4 Å². The van der Waals surface area contributed by atoms with Gasteiger partial charge in [0.2, 0.25) is 0 Å². The highest BCUT2D eigenvalue weighted by atomic mass is 79.9. The van der Waals surface area contributed by atoms with Crippen molar-refractivity contribution < 1.29 is 0 Å². The summed E-state index contributed by atoms with van der Waals surface area (Å²) in [4.78, 5) is 11.4. The second kappa shape index (κ2) is 4.61. The van der Waals surface area contributed by atoms with E-state index in [-0.39, 0.29) is 0 Å². The molecule has 0 aliphatic carbocycles. The predicted octanol–water partition coefficient (Wildman–Crippen LogP) is 2.86. The van der Waals surface area contributed by atoms with Crippen molar-refractivity contribution in [1.82, 2.24) is 15.0 Å². The maximum absolute atomic E-state index is 4.27. The zero-order valence-electron chi connectivity index (χ0n) is 7.27. The molecule has 0 spiro atoms. The molecule has 0 aliphatic heterocycles. The van der Waals surface area contributed by atoms with Gasteiger partial charge in [0.15, 0.2) is 5.16 Å². The number of pyridine rings is 1. The molecule has 0 radical (unpaired) electrons. The van der Waals surface area contributed by atoms with Crippen molar-refractivity contribution in [3.05, 3.63) is 40.9 Å². The number of aromatic nitrogens is 3. The molecule has 0 bridgehead atoms. The smallest absolute Gasteiger partial charge is 0.165 e. The summed E-state index contributed by atoms with van der Waals surface area (Å²) in [6, 6.07) is 3.99. The summed E-state index contributed by atoms with van der Waals surface area (Å²) in [5.41, 5.74) is 1.05. The van der Waals surface area contributed by atoms with E-state index in [9.17, 15) is 0 Å². The molecular formula is C9H8BrN3S. The van der Waals surface area contributed by atoms with Gasteiger partial charge in [-0.25, -0.2) is 4.98 Å². The zero-order valence-corrected chi connectivity index (χ0v) is 9.68. The number of hydrogen-bond donors (Lipinski definition) is 1. The van der Waals surface area contributed by atoms with Gasteiger partial charge < -0.3 is 4.98 Å². The minimum atomic E-state index is 0.834. The van der Waals surface area contributed by atoms with E-state index in [1.807, 2.05) is 18.3 Å². The third-order valence-electron chi connectivity index (χ3n) is 1.62. The van der Waals surface area contributed by atoms with Crippen molar-refractivity contribution in [2.45, 2.75) is 10.9 Å². The van der Waals surface area contributed by atoms with Crippen molar-refractivity contribution in [1.29, 1.82) is 0 Å². The molecule has 2 aromatic rings. The molecule has 0 atom stereocenters. The Labute approximate surface area is 94.5 Å². The van der Waals surface area contributed by atoms with E-state index in [2.05, 4.69) is 30.9 Å². The fourth-order valence-electron chi connectivity index (χ4n) is 0.964. The number of hydrogen-bond acceptors (Lipinski definition) is 3. The Kier molecular flexibility index (Phi) is 3.21. The molecular weight excluding hydrogens is 262 g/mol. The van der Waals surface area contributed by atoms with Gasteiger partial charge in [0.1, 0.15) is 0 Å². The SMILES string of the molecule is Brc1ccc(CSc2ncc[nH]2)nc1. The maximum Gasteiger partial charge on any atom is 0.165 e. The molecule has 0 amide bonds. The number of aromatic amines is 1. The molecule has 72 valence electrons. The first-order valence-electron chi connectivity index (χ1n) is 4.07. The van der Waals surface area contributed by atoms with Gasteiger partial charge in [0.05, 0.1) is 5.69 Å². The van der Waals surface area contributed by atoms with E-state index in [4.69, 9.17) is 0 Å². The minimum Gasteiger partial charge on any atom is -0.340 e. The number of H-pyrrole nitrogens is 1. The van der Waals surface area contributed by atoms with Gasteiger partial charge in [-0.3, -0.25) is 4.98 Å². The fourth-order valence-corrected chi connectivity index (χ4v) is 1.94. The monoisotopic (exact) mass is 269 g/mol. The molecule has 0 saturated carbocycles. The van der Waals surface area contributed by atoms with Crippen molar-refractivity contribution in [2.75, 3.05) is 0 Å². The number of rotatable bonds is 3. The first kappa shape index (κ1) is 9.73. The summed E-state index contributed by atoms with van der Waals surface area (Å²) in [6.07, 6.45) is 5.37. The molecule has 0 unspecified atom stereocenters. The van der Waals surface area contributed by atoms with E-state index in [1.165, 1.54) is 0 Å². The molecule has 2 rings (SSSR count). The summed E-state index contributed by atoms with van der Waals surface area (Å²) in [6.45, 7) is 0. The van der Waals surface area contributed by atoms with Crippen LogP contribution in [-0.4, -0.2) is 15.0 Å². The second-order valence-corrected chi connectivity index (χ2v) is 4.53.